The number of nitrogens with one attached hydrogen (secondary N) is 1. The van der Waals surface area contributed by atoms with Gasteiger partial charge in [-0.25, -0.2) is 0 Å². The summed E-state index contributed by atoms with van der Waals surface area (Å²) in [6, 6.07) is 6.89. The predicted molar refractivity (Wildman–Crippen MR) is 59.1 cm³/mol. The maximum Gasteiger partial charge on any atom is 0.0856 e. The third-order valence-electron chi connectivity index (χ3n) is 2.58. The molecular formula is C12H17N2+. The van der Waals surface area contributed by atoms with E-state index < -0.39 is 0 Å². The highest BCUT2D eigenvalue weighted by atomic mass is 14.7. The molecule has 0 saturated heterocycles. The normalized spacial score (nSPS) is 13.4. The standard InChI is InChI=1S/C12H16N2/c1-8-4-3-5-11-10(6-9(2)13)7-14-12(8)11/h3-5,7,9,14H,6,13H2,1-2H3/p+1/t9-/m0/s1. The maximum atomic E-state index is 4.03. The second-order valence-electron chi connectivity index (χ2n) is 4.12. The fourth-order valence-corrected chi connectivity index (χ4v) is 1.91. The number of quaternary nitrogens is 1. The van der Waals surface area contributed by atoms with Crippen LogP contribution in [0.2, 0.25) is 0 Å². The molecule has 2 nitrogen and oxygen atoms in total. The Morgan fingerprint density at radius 1 is 1.43 bits per heavy atom. The van der Waals surface area contributed by atoms with Crippen LogP contribution in [-0.4, -0.2) is 11.0 Å². The van der Waals surface area contributed by atoms with Gasteiger partial charge in [-0.2, -0.15) is 0 Å². The minimum absolute atomic E-state index is 0.467. The molecule has 74 valence electrons. The van der Waals surface area contributed by atoms with Crippen molar-refractivity contribution in [1.82, 2.24) is 4.98 Å². The first-order valence-corrected chi connectivity index (χ1v) is 5.07. The average Bonchev–Trinajstić information content (AvgIpc) is 2.49. The van der Waals surface area contributed by atoms with Crippen LogP contribution in [-0.2, 0) is 6.42 Å². The maximum absolute atomic E-state index is 4.03. The highest BCUT2D eigenvalue weighted by Gasteiger charge is 2.07. The lowest BCUT2D eigenvalue weighted by Crippen LogP contribution is -2.60. The fourth-order valence-electron chi connectivity index (χ4n) is 1.91. The molecule has 1 atom stereocenters. The number of aromatic amines is 1. The number of fused-ring (bicyclic) bond motifs is 1. The molecule has 0 fully saturated rings. The van der Waals surface area contributed by atoms with Crippen molar-refractivity contribution in [3.63, 3.8) is 0 Å². The summed E-state index contributed by atoms with van der Waals surface area (Å²) in [5.74, 6) is 0. The van der Waals surface area contributed by atoms with E-state index in [9.17, 15) is 0 Å². The summed E-state index contributed by atoms with van der Waals surface area (Å²) >= 11 is 0. The van der Waals surface area contributed by atoms with E-state index in [0.717, 1.165) is 6.42 Å². The van der Waals surface area contributed by atoms with Crippen LogP contribution in [0.4, 0.5) is 0 Å². The van der Waals surface area contributed by atoms with Gasteiger partial charge in [-0.05, 0) is 25.0 Å². The van der Waals surface area contributed by atoms with Crippen LogP contribution in [0.15, 0.2) is 24.4 Å². The number of H-pyrrole nitrogens is 1. The second-order valence-corrected chi connectivity index (χ2v) is 4.12. The molecule has 0 spiro atoms. The molecular weight excluding hydrogens is 172 g/mol. The predicted octanol–water partition coefficient (Wildman–Crippen LogP) is 1.65. The van der Waals surface area contributed by atoms with E-state index in [1.165, 1.54) is 22.0 Å². The van der Waals surface area contributed by atoms with Gasteiger partial charge in [-0.3, -0.25) is 0 Å². The van der Waals surface area contributed by atoms with Crippen LogP contribution in [0.3, 0.4) is 0 Å². The molecule has 4 N–H and O–H groups in total. The summed E-state index contributed by atoms with van der Waals surface area (Å²) in [5.41, 5.74) is 7.99. The van der Waals surface area contributed by atoms with Crippen molar-refractivity contribution in [3.05, 3.63) is 35.5 Å². The Morgan fingerprint density at radius 3 is 2.93 bits per heavy atom. The van der Waals surface area contributed by atoms with Crippen LogP contribution in [0, 0.1) is 6.92 Å². The van der Waals surface area contributed by atoms with Gasteiger partial charge in [0, 0.05) is 23.5 Å². The summed E-state index contributed by atoms with van der Waals surface area (Å²) in [5, 5.41) is 1.35. The van der Waals surface area contributed by atoms with Crippen molar-refractivity contribution in [3.8, 4) is 0 Å². The van der Waals surface area contributed by atoms with Gasteiger partial charge in [0.25, 0.3) is 0 Å². The van der Waals surface area contributed by atoms with Gasteiger partial charge in [0.15, 0.2) is 0 Å². The second kappa shape index (κ2) is 3.46. The topological polar surface area (TPSA) is 43.4 Å². The van der Waals surface area contributed by atoms with Crippen LogP contribution >= 0.6 is 0 Å². The molecule has 1 heterocycles. The Kier molecular flexibility index (Phi) is 2.30. The quantitative estimate of drug-likeness (QED) is 0.721. The van der Waals surface area contributed by atoms with Crippen molar-refractivity contribution in [2.24, 2.45) is 0 Å². The number of rotatable bonds is 2. The van der Waals surface area contributed by atoms with Crippen molar-refractivity contribution < 1.29 is 5.73 Å². The molecule has 0 bridgehead atoms. The third kappa shape index (κ3) is 1.53. The lowest BCUT2D eigenvalue weighted by Gasteiger charge is -2.00. The zero-order valence-electron chi connectivity index (χ0n) is 8.80. The molecule has 0 saturated carbocycles. The van der Waals surface area contributed by atoms with E-state index in [-0.39, 0.29) is 0 Å². The molecule has 0 aliphatic heterocycles. The van der Waals surface area contributed by atoms with Crippen LogP contribution in [0.5, 0.6) is 0 Å². The van der Waals surface area contributed by atoms with Crippen molar-refractivity contribution in [2.45, 2.75) is 26.3 Å². The SMILES string of the molecule is Cc1cccc2c(C[C@H](C)[NH3+])c[nH]c12. The molecule has 0 aliphatic carbocycles. The van der Waals surface area contributed by atoms with Gasteiger partial charge < -0.3 is 10.7 Å². The Bertz CT molecular complexity index is 441. The fraction of sp³-hybridized carbons (Fsp3) is 0.333. The van der Waals surface area contributed by atoms with E-state index in [1.54, 1.807) is 0 Å². The van der Waals surface area contributed by atoms with E-state index in [4.69, 9.17) is 0 Å². The third-order valence-corrected chi connectivity index (χ3v) is 2.58. The summed E-state index contributed by atoms with van der Waals surface area (Å²) < 4.78 is 0. The molecule has 2 rings (SSSR count). The number of para-hydroxylation sites is 1. The van der Waals surface area contributed by atoms with E-state index in [0.29, 0.717) is 6.04 Å². The van der Waals surface area contributed by atoms with Gasteiger partial charge >= 0.3 is 0 Å². The minimum Gasteiger partial charge on any atom is -0.361 e. The molecule has 1 aromatic heterocycles. The van der Waals surface area contributed by atoms with E-state index in [2.05, 4.69) is 49.0 Å². The zero-order chi connectivity index (χ0) is 10.1. The number of aryl methyl sites for hydroxylation is 1. The Hall–Kier alpha value is -1.28. The molecule has 0 radical (unpaired) electrons. The Morgan fingerprint density at radius 2 is 2.21 bits per heavy atom. The Balaban J connectivity index is 2.52. The largest absolute Gasteiger partial charge is 0.361 e. The van der Waals surface area contributed by atoms with E-state index >= 15 is 0 Å². The van der Waals surface area contributed by atoms with Gasteiger partial charge in [0.2, 0.25) is 0 Å². The first-order valence-electron chi connectivity index (χ1n) is 5.07. The van der Waals surface area contributed by atoms with E-state index in [1.807, 2.05) is 0 Å². The highest BCUT2D eigenvalue weighted by molar-refractivity contribution is 5.85. The zero-order valence-corrected chi connectivity index (χ0v) is 8.80. The number of aromatic nitrogens is 1. The van der Waals surface area contributed by atoms with Gasteiger partial charge in [0.05, 0.1) is 6.04 Å². The van der Waals surface area contributed by atoms with Crippen molar-refractivity contribution in [2.75, 3.05) is 0 Å². The van der Waals surface area contributed by atoms with Gasteiger partial charge in [0.1, 0.15) is 0 Å². The summed E-state index contributed by atoms with van der Waals surface area (Å²) in [4.78, 5) is 3.33. The van der Waals surface area contributed by atoms with Crippen molar-refractivity contribution >= 4 is 10.9 Å². The number of hydrogen-bond acceptors (Lipinski definition) is 0. The Labute approximate surface area is 84.1 Å². The number of hydrogen-bond donors (Lipinski definition) is 2. The molecule has 0 aliphatic rings. The monoisotopic (exact) mass is 189 g/mol. The molecule has 2 aromatic rings. The molecule has 0 amide bonds. The lowest BCUT2D eigenvalue weighted by molar-refractivity contribution is -0.413. The highest BCUT2D eigenvalue weighted by Crippen LogP contribution is 2.21. The molecule has 0 unspecified atom stereocenters. The summed E-state index contributed by atoms with van der Waals surface area (Å²) in [6.45, 7) is 4.28. The molecule has 2 heteroatoms. The first-order chi connectivity index (χ1) is 6.68. The molecule has 14 heavy (non-hydrogen) atoms. The van der Waals surface area contributed by atoms with Gasteiger partial charge in [-0.1, -0.05) is 18.2 Å². The molecule has 1 aromatic carbocycles. The van der Waals surface area contributed by atoms with Crippen LogP contribution < -0.4 is 5.73 Å². The summed E-state index contributed by atoms with van der Waals surface area (Å²) in [6.07, 6.45) is 3.16. The van der Waals surface area contributed by atoms with Crippen LogP contribution in [0.1, 0.15) is 18.1 Å². The smallest absolute Gasteiger partial charge is 0.0856 e. The van der Waals surface area contributed by atoms with Crippen LogP contribution in [0.25, 0.3) is 10.9 Å². The minimum atomic E-state index is 0.467. The number of benzene rings is 1. The van der Waals surface area contributed by atoms with Crippen molar-refractivity contribution in [1.29, 1.82) is 0 Å². The first kappa shape index (κ1) is 9.28. The van der Waals surface area contributed by atoms with Gasteiger partial charge in [-0.15, -0.1) is 0 Å². The summed E-state index contributed by atoms with van der Waals surface area (Å²) in [7, 11) is 0. The average molecular weight is 189 g/mol. The lowest BCUT2D eigenvalue weighted by atomic mass is 10.1.